The monoisotopic (exact) mass is 407 g/mol. The van der Waals surface area contributed by atoms with Gasteiger partial charge in [0.05, 0.1) is 17.9 Å². The van der Waals surface area contributed by atoms with Crippen LogP contribution in [0.1, 0.15) is 42.6 Å². The van der Waals surface area contributed by atoms with Gasteiger partial charge in [-0.2, -0.15) is 0 Å². The predicted molar refractivity (Wildman–Crippen MR) is 116 cm³/mol. The lowest BCUT2D eigenvalue weighted by Gasteiger charge is -2.21. The van der Waals surface area contributed by atoms with Crippen LogP contribution in [0.5, 0.6) is 0 Å². The van der Waals surface area contributed by atoms with Gasteiger partial charge in [-0.3, -0.25) is 9.63 Å². The zero-order valence-electron chi connectivity index (χ0n) is 17.1. The second-order valence-corrected chi connectivity index (χ2v) is 6.93. The molecule has 1 amide bonds. The second kappa shape index (κ2) is 9.37. The number of carbonyl (C=O) groups excluding carboxylic acids is 1. The number of fused-ring (bicyclic) bond motifs is 1. The fraction of sp³-hybridized carbons (Fsp3) is 0.261. The van der Waals surface area contributed by atoms with Gasteiger partial charge < -0.3 is 10.8 Å². The quantitative estimate of drug-likeness (QED) is 0.675. The van der Waals surface area contributed by atoms with E-state index in [2.05, 4.69) is 4.99 Å². The maximum atomic E-state index is 12.9. The molecule has 0 unspecified atom stereocenters. The van der Waals surface area contributed by atoms with Crippen LogP contribution in [0.15, 0.2) is 53.0 Å². The number of carboxylic acids is 1. The molecule has 0 saturated heterocycles. The standard InChI is InChI=1S/C23H25N3O4/c1-3-11-26(30-4-2)22(27)19-12-18-10-9-17(13-20(18)25-21(24)14-19)15-5-7-16(8-6-15)23(28)29/h5-10,12-13H,3-4,11,14H2,1-2H3,(H2,24,25)(H,28,29). The molecular formula is C23H25N3O4. The third-order valence-corrected chi connectivity index (χ3v) is 4.67. The number of amidine groups is 1. The van der Waals surface area contributed by atoms with E-state index < -0.39 is 5.97 Å². The summed E-state index contributed by atoms with van der Waals surface area (Å²) in [5.74, 6) is -0.829. The zero-order chi connectivity index (χ0) is 21.7. The molecule has 156 valence electrons. The maximum Gasteiger partial charge on any atom is 0.335 e. The zero-order valence-corrected chi connectivity index (χ0v) is 17.1. The summed E-state index contributed by atoms with van der Waals surface area (Å²) in [7, 11) is 0. The minimum absolute atomic E-state index is 0.210. The molecule has 0 atom stereocenters. The highest BCUT2D eigenvalue weighted by molar-refractivity contribution is 6.05. The molecule has 1 heterocycles. The Morgan fingerprint density at radius 3 is 2.47 bits per heavy atom. The summed E-state index contributed by atoms with van der Waals surface area (Å²) in [4.78, 5) is 34.0. The summed E-state index contributed by atoms with van der Waals surface area (Å²) in [6, 6.07) is 12.3. The molecule has 0 aliphatic carbocycles. The molecule has 0 fully saturated rings. The Morgan fingerprint density at radius 1 is 1.13 bits per heavy atom. The summed E-state index contributed by atoms with van der Waals surface area (Å²) >= 11 is 0. The Labute approximate surface area is 175 Å². The van der Waals surface area contributed by atoms with Crippen molar-refractivity contribution in [3.63, 3.8) is 0 Å². The topological polar surface area (TPSA) is 105 Å². The van der Waals surface area contributed by atoms with Crippen LogP contribution in [-0.4, -0.2) is 41.0 Å². The Kier molecular flexibility index (Phi) is 6.64. The number of nitrogens with zero attached hydrogens (tertiary/aromatic N) is 2. The summed E-state index contributed by atoms with van der Waals surface area (Å²) in [5, 5.41) is 10.4. The van der Waals surface area contributed by atoms with E-state index in [0.29, 0.717) is 30.2 Å². The van der Waals surface area contributed by atoms with Crippen molar-refractivity contribution in [3.8, 4) is 11.1 Å². The number of amides is 1. The molecule has 7 nitrogen and oxygen atoms in total. The van der Waals surface area contributed by atoms with E-state index in [9.17, 15) is 9.59 Å². The van der Waals surface area contributed by atoms with Gasteiger partial charge in [0.25, 0.3) is 5.91 Å². The average molecular weight is 407 g/mol. The number of benzene rings is 2. The molecule has 30 heavy (non-hydrogen) atoms. The minimum Gasteiger partial charge on any atom is -0.478 e. The molecule has 3 rings (SSSR count). The number of carbonyl (C=O) groups is 2. The van der Waals surface area contributed by atoms with Crippen molar-refractivity contribution in [3.05, 3.63) is 59.2 Å². The first-order chi connectivity index (χ1) is 14.4. The molecular weight excluding hydrogens is 382 g/mol. The maximum absolute atomic E-state index is 12.9. The Morgan fingerprint density at radius 2 is 1.83 bits per heavy atom. The Balaban J connectivity index is 1.95. The molecule has 0 aromatic heterocycles. The van der Waals surface area contributed by atoms with Gasteiger partial charge in [0.15, 0.2) is 0 Å². The highest BCUT2D eigenvalue weighted by Crippen LogP contribution is 2.32. The number of hydrogen-bond acceptors (Lipinski definition) is 5. The van der Waals surface area contributed by atoms with Crippen molar-refractivity contribution in [2.24, 2.45) is 10.7 Å². The van der Waals surface area contributed by atoms with Crippen LogP contribution in [-0.2, 0) is 9.63 Å². The van der Waals surface area contributed by atoms with Gasteiger partial charge in [0, 0.05) is 24.1 Å². The van der Waals surface area contributed by atoms with Crippen molar-refractivity contribution >= 4 is 29.5 Å². The highest BCUT2D eigenvalue weighted by Gasteiger charge is 2.22. The van der Waals surface area contributed by atoms with Gasteiger partial charge in [-0.15, -0.1) is 0 Å². The molecule has 1 aliphatic rings. The summed E-state index contributed by atoms with van der Waals surface area (Å²) in [5.41, 5.74) is 10.1. The summed E-state index contributed by atoms with van der Waals surface area (Å²) in [6.45, 7) is 4.73. The number of aromatic carboxylic acids is 1. The van der Waals surface area contributed by atoms with Crippen LogP contribution >= 0.6 is 0 Å². The number of hydroxylamine groups is 2. The Bertz CT molecular complexity index is 1000. The van der Waals surface area contributed by atoms with E-state index in [1.165, 1.54) is 5.06 Å². The normalized spacial score (nSPS) is 13.0. The number of nitrogens with two attached hydrogens (primary N) is 1. The van der Waals surface area contributed by atoms with Crippen molar-refractivity contribution < 1.29 is 19.5 Å². The molecule has 7 heteroatoms. The molecule has 0 spiro atoms. The van der Waals surface area contributed by atoms with Crippen LogP contribution in [0, 0.1) is 0 Å². The van der Waals surface area contributed by atoms with Crippen LogP contribution in [0.3, 0.4) is 0 Å². The van der Waals surface area contributed by atoms with Gasteiger partial charge in [-0.05, 0) is 48.7 Å². The first kappa shape index (κ1) is 21.3. The van der Waals surface area contributed by atoms with Gasteiger partial charge in [-0.1, -0.05) is 31.2 Å². The SMILES string of the molecule is CCCN(OCC)C(=O)C1=Cc2ccc(-c3ccc(C(=O)O)cc3)cc2N=C(N)C1. The van der Waals surface area contributed by atoms with E-state index in [-0.39, 0.29) is 17.9 Å². The first-order valence-electron chi connectivity index (χ1n) is 9.89. The molecule has 0 saturated carbocycles. The fourth-order valence-electron chi connectivity index (χ4n) is 3.26. The van der Waals surface area contributed by atoms with Crippen LogP contribution < -0.4 is 5.73 Å². The van der Waals surface area contributed by atoms with Crippen LogP contribution in [0.25, 0.3) is 17.2 Å². The Hall–Kier alpha value is -3.45. The van der Waals surface area contributed by atoms with Gasteiger partial charge in [0.2, 0.25) is 0 Å². The van der Waals surface area contributed by atoms with Gasteiger partial charge in [-0.25, -0.2) is 14.9 Å². The lowest BCUT2D eigenvalue weighted by atomic mass is 10.00. The minimum atomic E-state index is -0.965. The molecule has 2 aromatic rings. The lowest BCUT2D eigenvalue weighted by Crippen LogP contribution is -2.34. The van der Waals surface area contributed by atoms with E-state index in [0.717, 1.165) is 23.1 Å². The van der Waals surface area contributed by atoms with Gasteiger partial charge in [0.1, 0.15) is 5.84 Å². The molecule has 2 aromatic carbocycles. The number of aliphatic imine (C=N–C) groups is 1. The summed E-state index contributed by atoms with van der Waals surface area (Å²) in [6.07, 6.45) is 2.83. The average Bonchev–Trinajstić information content (AvgIpc) is 2.90. The molecule has 1 aliphatic heterocycles. The molecule has 0 radical (unpaired) electrons. The lowest BCUT2D eigenvalue weighted by molar-refractivity contribution is -0.180. The largest absolute Gasteiger partial charge is 0.478 e. The van der Waals surface area contributed by atoms with E-state index >= 15 is 0 Å². The van der Waals surface area contributed by atoms with Crippen LogP contribution in [0.2, 0.25) is 0 Å². The number of hydrogen-bond donors (Lipinski definition) is 2. The molecule has 0 bridgehead atoms. The predicted octanol–water partition coefficient (Wildman–Crippen LogP) is 4.02. The van der Waals surface area contributed by atoms with Crippen molar-refractivity contribution in [1.82, 2.24) is 5.06 Å². The van der Waals surface area contributed by atoms with E-state index in [1.54, 1.807) is 30.3 Å². The second-order valence-electron chi connectivity index (χ2n) is 6.93. The third-order valence-electron chi connectivity index (χ3n) is 4.67. The van der Waals surface area contributed by atoms with E-state index in [1.807, 2.05) is 32.0 Å². The third kappa shape index (κ3) is 4.75. The van der Waals surface area contributed by atoms with E-state index in [4.69, 9.17) is 15.7 Å². The summed E-state index contributed by atoms with van der Waals surface area (Å²) < 4.78 is 0. The highest BCUT2D eigenvalue weighted by atomic mass is 16.7. The fourth-order valence-corrected chi connectivity index (χ4v) is 3.26. The number of carboxylic acid groups (broad SMARTS) is 1. The number of rotatable bonds is 7. The first-order valence-corrected chi connectivity index (χ1v) is 9.89. The van der Waals surface area contributed by atoms with Crippen molar-refractivity contribution in [1.29, 1.82) is 0 Å². The smallest absolute Gasteiger partial charge is 0.335 e. The van der Waals surface area contributed by atoms with Crippen molar-refractivity contribution in [2.45, 2.75) is 26.7 Å². The van der Waals surface area contributed by atoms with Crippen molar-refractivity contribution in [2.75, 3.05) is 13.2 Å². The van der Waals surface area contributed by atoms with Gasteiger partial charge >= 0.3 is 5.97 Å². The molecule has 3 N–H and O–H groups in total. The van der Waals surface area contributed by atoms with Crippen LogP contribution in [0.4, 0.5) is 5.69 Å².